The summed E-state index contributed by atoms with van der Waals surface area (Å²) in [6, 6.07) is 10.0. The Balaban J connectivity index is 1.45. The van der Waals surface area contributed by atoms with E-state index < -0.39 is 0 Å². The zero-order valence-corrected chi connectivity index (χ0v) is 12.9. The van der Waals surface area contributed by atoms with Crippen molar-refractivity contribution in [2.75, 3.05) is 13.2 Å². The van der Waals surface area contributed by atoms with Gasteiger partial charge in [0.15, 0.2) is 10.9 Å². The third-order valence-corrected chi connectivity index (χ3v) is 4.55. The van der Waals surface area contributed by atoms with Crippen molar-refractivity contribution in [2.24, 2.45) is 4.99 Å². The number of nitrogens with zero attached hydrogens (tertiary/aromatic N) is 1. The van der Waals surface area contributed by atoms with Gasteiger partial charge in [-0.15, -0.1) is 0 Å². The number of nitrogens with one attached hydrogen (secondary N) is 2. The van der Waals surface area contributed by atoms with E-state index in [0.29, 0.717) is 6.54 Å². The lowest BCUT2D eigenvalue weighted by Gasteiger charge is -2.17. The van der Waals surface area contributed by atoms with Gasteiger partial charge in [-0.05, 0) is 25.0 Å². The highest BCUT2D eigenvalue weighted by Crippen LogP contribution is 2.26. The number of hydrogen-bond acceptors (Lipinski definition) is 5. The number of hydrogen-bond donors (Lipinski definition) is 2. The highest BCUT2D eigenvalue weighted by atomic mass is 32.2. The summed E-state index contributed by atoms with van der Waals surface area (Å²) in [5, 5.41) is 3.97. The Hall–Kier alpha value is -1.92. The van der Waals surface area contributed by atoms with Crippen molar-refractivity contribution in [1.82, 2.24) is 10.9 Å². The van der Waals surface area contributed by atoms with Crippen molar-refractivity contribution in [3.8, 4) is 0 Å². The number of rotatable bonds is 3. The van der Waals surface area contributed by atoms with Gasteiger partial charge in [-0.3, -0.25) is 15.8 Å². The third kappa shape index (κ3) is 2.84. The quantitative estimate of drug-likeness (QED) is 0.911. The molecule has 1 aromatic heterocycles. The van der Waals surface area contributed by atoms with Crippen molar-refractivity contribution in [3.05, 3.63) is 41.5 Å². The van der Waals surface area contributed by atoms with Crippen LogP contribution in [0.15, 0.2) is 45.1 Å². The number of benzene rings is 1. The van der Waals surface area contributed by atoms with Gasteiger partial charge in [0.2, 0.25) is 0 Å². The fourth-order valence-electron chi connectivity index (χ4n) is 2.58. The van der Waals surface area contributed by atoms with Crippen LogP contribution in [0.5, 0.6) is 0 Å². The van der Waals surface area contributed by atoms with Gasteiger partial charge in [0.05, 0.1) is 12.6 Å². The summed E-state index contributed by atoms with van der Waals surface area (Å²) in [5.41, 5.74) is 8.07. The van der Waals surface area contributed by atoms with Crippen LogP contribution in [0.2, 0.25) is 0 Å². The molecule has 0 aliphatic carbocycles. The molecule has 0 amide bonds. The average molecular weight is 315 g/mol. The maximum absolute atomic E-state index is 5.84. The number of ether oxygens (including phenoxy) is 1. The molecule has 6 heteroatoms. The number of furan rings is 1. The second-order valence-corrected chi connectivity index (χ2v) is 6.19. The molecule has 4 rings (SSSR count). The van der Waals surface area contributed by atoms with Crippen LogP contribution in [0, 0.1) is 0 Å². The Bertz CT molecular complexity index is 699. The summed E-state index contributed by atoms with van der Waals surface area (Å²) in [4.78, 5) is 4.54. The van der Waals surface area contributed by atoms with Gasteiger partial charge in [0.1, 0.15) is 11.3 Å². The summed E-state index contributed by atoms with van der Waals surface area (Å²) in [5.74, 6) is 0.819. The molecule has 1 saturated heterocycles. The summed E-state index contributed by atoms with van der Waals surface area (Å²) >= 11 is 1.56. The van der Waals surface area contributed by atoms with E-state index in [1.807, 2.05) is 35.7 Å². The van der Waals surface area contributed by atoms with Crippen LogP contribution in [-0.2, 0) is 4.74 Å². The molecular formula is C16H17N3O2S. The van der Waals surface area contributed by atoms with Crippen molar-refractivity contribution in [1.29, 1.82) is 0 Å². The van der Waals surface area contributed by atoms with Crippen molar-refractivity contribution in [2.45, 2.75) is 18.9 Å². The van der Waals surface area contributed by atoms with Crippen molar-refractivity contribution in [3.63, 3.8) is 0 Å². The molecule has 2 N–H and O–H groups in total. The number of fused-ring (bicyclic) bond motifs is 1. The average Bonchev–Trinajstić information content (AvgIpc) is 3.22. The Kier molecular flexibility index (Phi) is 3.78. The summed E-state index contributed by atoms with van der Waals surface area (Å²) in [6.07, 6.45) is 2.52. The standard InChI is InChI=1S/C16H17N3O2S/c1-2-6-14-11(4-1)8-15(21-14)13-10-22-16(19-18-13)17-9-12-5-3-7-20-12/h1-2,4,6,8,10,12,18H,3,5,7,9H2,(H,17,19). The molecular weight excluding hydrogens is 298 g/mol. The number of para-hydroxylation sites is 1. The van der Waals surface area contributed by atoms with Gasteiger partial charge in [-0.25, -0.2) is 0 Å². The van der Waals surface area contributed by atoms with E-state index in [9.17, 15) is 0 Å². The molecule has 0 spiro atoms. The summed E-state index contributed by atoms with van der Waals surface area (Å²) < 4.78 is 11.4. The van der Waals surface area contributed by atoms with Crippen LogP contribution in [-0.4, -0.2) is 24.4 Å². The second-order valence-electron chi connectivity index (χ2n) is 5.33. The molecule has 1 fully saturated rings. The van der Waals surface area contributed by atoms with Crippen LogP contribution in [0.4, 0.5) is 0 Å². The predicted octanol–water partition coefficient (Wildman–Crippen LogP) is 3.11. The third-order valence-electron chi connectivity index (χ3n) is 3.75. The molecule has 3 heterocycles. The number of hydrazine groups is 1. The molecule has 0 bridgehead atoms. The zero-order chi connectivity index (χ0) is 14.8. The molecule has 1 unspecified atom stereocenters. The molecule has 5 nitrogen and oxygen atoms in total. The predicted molar refractivity (Wildman–Crippen MR) is 89.3 cm³/mol. The SMILES string of the molecule is C1=C(c2cc3ccccc3o2)NNC(=NCC2CCCO2)S1. The van der Waals surface area contributed by atoms with E-state index in [4.69, 9.17) is 9.15 Å². The maximum Gasteiger partial charge on any atom is 0.179 e. The maximum atomic E-state index is 5.84. The molecule has 2 aliphatic rings. The van der Waals surface area contributed by atoms with Crippen LogP contribution >= 0.6 is 11.8 Å². The molecule has 2 aromatic rings. The molecule has 2 aliphatic heterocycles. The van der Waals surface area contributed by atoms with E-state index >= 15 is 0 Å². The van der Waals surface area contributed by atoms with Crippen molar-refractivity contribution >= 4 is 33.6 Å². The highest BCUT2D eigenvalue weighted by molar-refractivity contribution is 8.16. The normalized spacial score (nSPS) is 23.4. The Labute approximate surface area is 132 Å². The fourth-order valence-corrected chi connectivity index (χ4v) is 3.24. The monoisotopic (exact) mass is 315 g/mol. The second kappa shape index (κ2) is 6.06. The first-order valence-electron chi connectivity index (χ1n) is 7.42. The number of thioether (sulfide) groups is 1. The van der Waals surface area contributed by atoms with Gasteiger partial charge in [-0.2, -0.15) is 0 Å². The molecule has 22 heavy (non-hydrogen) atoms. The number of amidine groups is 1. The summed E-state index contributed by atoms with van der Waals surface area (Å²) in [6.45, 7) is 1.58. The smallest absolute Gasteiger partial charge is 0.179 e. The van der Waals surface area contributed by atoms with E-state index in [2.05, 4.69) is 15.8 Å². The lowest BCUT2D eigenvalue weighted by Crippen LogP contribution is -2.37. The van der Waals surface area contributed by atoms with Crippen LogP contribution in [0.25, 0.3) is 16.7 Å². The Morgan fingerprint density at radius 2 is 2.23 bits per heavy atom. The topological polar surface area (TPSA) is 58.8 Å². The van der Waals surface area contributed by atoms with Crippen LogP contribution in [0.1, 0.15) is 18.6 Å². The lowest BCUT2D eigenvalue weighted by molar-refractivity contribution is 0.118. The first-order chi connectivity index (χ1) is 10.9. The van der Waals surface area contributed by atoms with E-state index in [0.717, 1.165) is 47.0 Å². The van der Waals surface area contributed by atoms with E-state index in [1.165, 1.54) is 0 Å². The molecule has 1 aromatic carbocycles. The van der Waals surface area contributed by atoms with Gasteiger partial charge in [0.25, 0.3) is 0 Å². The van der Waals surface area contributed by atoms with E-state index in [1.54, 1.807) is 11.8 Å². The van der Waals surface area contributed by atoms with E-state index in [-0.39, 0.29) is 6.10 Å². The largest absolute Gasteiger partial charge is 0.454 e. The van der Waals surface area contributed by atoms with Crippen LogP contribution < -0.4 is 10.9 Å². The van der Waals surface area contributed by atoms with Gasteiger partial charge < -0.3 is 9.15 Å². The van der Waals surface area contributed by atoms with Gasteiger partial charge >= 0.3 is 0 Å². The van der Waals surface area contributed by atoms with Crippen LogP contribution in [0.3, 0.4) is 0 Å². The summed E-state index contributed by atoms with van der Waals surface area (Å²) in [7, 11) is 0. The Morgan fingerprint density at radius 3 is 3.00 bits per heavy atom. The zero-order valence-electron chi connectivity index (χ0n) is 12.0. The Morgan fingerprint density at radius 1 is 1.27 bits per heavy atom. The number of aliphatic imine (C=N–C) groups is 1. The minimum absolute atomic E-state index is 0.274. The molecule has 0 radical (unpaired) electrons. The lowest BCUT2D eigenvalue weighted by atomic mass is 10.2. The fraction of sp³-hybridized carbons (Fsp3) is 0.312. The molecule has 0 saturated carbocycles. The molecule has 114 valence electrons. The minimum atomic E-state index is 0.274. The van der Waals surface area contributed by atoms with Gasteiger partial charge in [-0.1, -0.05) is 30.0 Å². The van der Waals surface area contributed by atoms with Gasteiger partial charge in [0, 0.05) is 17.4 Å². The minimum Gasteiger partial charge on any atom is -0.454 e. The first-order valence-corrected chi connectivity index (χ1v) is 8.30. The highest BCUT2D eigenvalue weighted by Gasteiger charge is 2.17. The van der Waals surface area contributed by atoms with Crippen molar-refractivity contribution < 1.29 is 9.15 Å². The first kappa shape index (κ1) is 13.7. The molecule has 1 atom stereocenters.